The molecule has 8 nitrogen and oxygen atoms in total. The summed E-state index contributed by atoms with van der Waals surface area (Å²) in [5.41, 5.74) is 1.31. The van der Waals surface area contributed by atoms with Crippen molar-refractivity contribution in [2.75, 3.05) is 0 Å². The topological polar surface area (TPSA) is 133 Å². The van der Waals surface area contributed by atoms with Crippen LogP contribution in [0.4, 0.5) is 0 Å². The van der Waals surface area contributed by atoms with Crippen LogP contribution in [0.3, 0.4) is 0 Å². The lowest BCUT2D eigenvalue weighted by Crippen LogP contribution is -2.54. The Labute approximate surface area is 221 Å². The van der Waals surface area contributed by atoms with E-state index in [1.807, 2.05) is 0 Å². The maximum absolute atomic E-state index is 13.2. The molecule has 8 heteroatoms. The van der Waals surface area contributed by atoms with Gasteiger partial charge in [-0.05, 0) is 72.9 Å². The molecule has 2 aliphatic rings. The first kappa shape index (κ1) is 26.9. The second kappa shape index (κ2) is 11.5. The molecule has 0 heterocycles. The third-order valence-corrected chi connectivity index (χ3v) is 7.83. The number of hydrogen-bond acceptors (Lipinski definition) is 4. The number of aromatic carboxylic acids is 2. The minimum Gasteiger partial charge on any atom is -0.478 e. The van der Waals surface area contributed by atoms with Gasteiger partial charge in [0.05, 0.1) is 22.3 Å². The second-order valence-corrected chi connectivity index (χ2v) is 9.98. The average molecular weight is 517 g/mol. The largest absolute Gasteiger partial charge is 0.478 e. The highest BCUT2D eigenvalue weighted by atomic mass is 16.4. The number of rotatable bonds is 8. The first-order valence-electron chi connectivity index (χ1n) is 12.8. The molecule has 4 unspecified atom stereocenters. The molecule has 0 bridgehead atoms. The van der Waals surface area contributed by atoms with Crippen LogP contribution in [0.1, 0.15) is 91.1 Å². The first-order valence-corrected chi connectivity index (χ1v) is 12.8. The lowest BCUT2D eigenvalue weighted by Gasteiger charge is -2.46. The van der Waals surface area contributed by atoms with E-state index in [-0.39, 0.29) is 46.2 Å². The Balaban J connectivity index is 1.50. The van der Waals surface area contributed by atoms with Crippen LogP contribution in [0.15, 0.2) is 49.6 Å². The molecule has 2 aromatic rings. The van der Waals surface area contributed by atoms with Crippen molar-refractivity contribution in [3.05, 3.63) is 82.9 Å². The molecule has 0 aromatic heterocycles. The van der Waals surface area contributed by atoms with Gasteiger partial charge in [0.25, 0.3) is 11.8 Å². The Kier molecular flexibility index (Phi) is 8.10. The van der Waals surface area contributed by atoms with E-state index in [9.17, 15) is 29.4 Å². The lowest BCUT2D eigenvalue weighted by molar-refractivity contribution is 0.0645. The van der Waals surface area contributed by atoms with Gasteiger partial charge in [0.15, 0.2) is 0 Å². The summed E-state index contributed by atoms with van der Waals surface area (Å²) < 4.78 is 0. The van der Waals surface area contributed by atoms with Gasteiger partial charge >= 0.3 is 11.9 Å². The Hall–Kier alpha value is -4.20. The van der Waals surface area contributed by atoms with Crippen molar-refractivity contribution in [3.8, 4) is 0 Å². The van der Waals surface area contributed by atoms with Gasteiger partial charge < -0.3 is 20.8 Å². The second-order valence-electron chi connectivity index (χ2n) is 9.98. The van der Waals surface area contributed by atoms with Crippen molar-refractivity contribution < 1.29 is 29.4 Å². The highest BCUT2D eigenvalue weighted by Gasteiger charge is 2.41. The molecule has 2 aliphatic carbocycles. The van der Waals surface area contributed by atoms with Gasteiger partial charge in [0, 0.05) is 12.1 Å². The number of carbonyl (C=O) groups is 4. The van der Waals surface area contributed by atoms with Crippen LogP contribution in [0, 0.1) is 11.8 Å². The number of fused-ring (bicyclic) bond motifs is 1. The molecule has 0 saturated heterocycles. The molecule has 4 N–H and O–H groups in total. The van der Waals surface area contributed by atoms with Crippen LogP contribution in [0.25, 0.3) is 12.2 Å². The number of nitrogens with one attached hydrogen (secondary N) is 2. The first-order chi connectivity index (χ1) is 18.2. The van der Waals surface area contributed by atoms with Crippen molar-refractivity contribution in [2.24, 2.45) is 11.8 Å². The Morgan fingerprint density at radius 3 is 1.39 bits per heavy atom. The van der Waals surface area contributed by atoms with E-state index in [2.05, 4.69) is 23.8 Å². The maximum Gasteiger partial charge on any atom is 0.336 e. The number of carboxylic acid groups (broad SMARTS) is 2. The number of benzene rings is 2. The molecule has 2 fully saturated rings. The zero-order valence-corrected chi connectivity index (χ0v) is 21.1. The zero-order chi connectivity index (χ0) is 27.4. The molecule has 0 aliphatic heterocycles. The Morgan fingerprint density at radius 1 is 0.658 bits per heavy atom. The molecule has 38 heavy (non-hydrogen) atoms. The third kappa shape index (κ3) is 5.54. The van der Waals surface area contributed by atoms with Crippen molar-refractivity contribution in [3.63, 3.8) is 0 Å². The van der Waals surface area contributed by atoms with E-state index in [4.69, 9.17) is 0 Å². The van der Waals surface area contributed by atoms with Gasteiger partial charge in [0.2, 0.25) is 0 Å². The van der Waals surface area contributed by atoms with E-state index >= 15 is 0 Å². The van der Waals surface area contributed by atoms with Crippen LogP contribution >= 0.6 is 0 Å². The molecule has 2 amide bonds. The SMILES string of the molecule is C=Cc1ccc(C(=O)NC2CCCC3C(NC(=O)c4ccc(C=C)cc4C(=O)O)CCCC23)c(C(=O)O)c1. The van der Waals surface area contributed by atoms with E-state index < -0.39 is 23.8 Å². The summed E-state index contributed by atoms with van der Waals surface area (Å²) in [5, 5.41) is 25.4. The van der Waals surface area contributed by atoms with E-state index in [1.165, 1.54) is 36.4 Å². The Morgan fingerprint density at radius 2 is 1.05 bits per heavy atom. The molecule has 0 spiro atoms. The van der Waals surface area contributed by atoms with E-state index in [0.29, 0.717) is 11.1 Å². The molecule has 2 aromatic carbocycles. The lowest BCUT2D eigenvalue weighted by atomic mass is 9.66. The van der Waals surface area contributed by atoms with Crippen LogP contribution in [0.5, 0.6) is 0 Å². The summed E-state index contributed by atoms with van der Waals surface area (Å²) in [5.74, 6) is -2.97. The minimum atomic E-state index is -1.18. The predicted octanol–water partition coefficient (Wildman–Crippen LogP) is 4.87. The molecule has 4 atom stereocenters. The monoisotopic (exact) mass is 516 g/mol. The molecule has 0 radical (unpaired) electrons. The van der Waals surface area contributed by atoms with Crippen LogP contribution in [-0.2, 0) is 0 Å². The van der Waals surface area contributed by atoms with Gasteiger partial charge in [-0.2, -0.15) is 0 Å². The van der Waals surface area contributed by atoms with Gasteiger partial charge in [-0.1, -0.05) is 50.3 Å². The quantitative estimate of drug-likeness (QED) is 0.396. The number of hydrogen-bond donors (Lipinski definition) is 4. The van der Waals surface area contributed by atoms with Gasteiger partial charge in [-0.3, -0.25) is 9.59 Å². The fourth-order valence-corrected chi connectivity index (χ4v) is 5.98. The van der Waals surface area contributed by atoms with Crippen LogP contribution < -0.4 is 10.6 Å². The Bertz CT molecular complexity index is 1200. The molecule has 4 rings (SSSR count). The smallest absolute Gasteiger partial charge is 0.336 e. The highest BCUT2D eigenvalue weighted by molar-refractivity contribution is 6.06. The van der Waals surface area contributed by atoms with Gasteiger partial charge in [0.1, 0.15) is 0 Å². The predicted molar refractivity (Wildman–Crippen MR) is 144 cm³/mol. The summed E-state index contributed by atoms with van der Waals surface area (Å²) in [6.07, 6.45) is 8.09. The molecular weight excluding hydrogens is 484 g/mol. The third-order valence-electron chi connectivity index (χ3n) is 7.83. The summed E-state index contributed by atoms with van der Waals surface area (Å²) in [6.45, 7) is 7.31. The molecule has 2 saturated carbocycles. The maximum atomic E-state index is 13.2. The average Bonchev–Trinajstić information content (AvgIpc) is 2.92. The fraction of sp³-hybridized carbons (Fsp3) is 0.333. The van der Waals surface area contributed by atoms with Crippen molar-refractivity contribution in [1.29, 1.82) is 0 Å². The van der Waals surface area contributed by atoms with E-state index in [1.54, 1.807) is 12.1 Å². The standard InChI is InChI=1S/C30H32N2O6/c1-3-17-11-13-21(23(15-17)29(35)36)27(33)31-25-9-5-8-20-19(25)7-6-10-26(20)32-28(34)22-14-12-18(4-2)16-24(22)30(37)38/h3-4,11-16,19-20,25-26H,1-2,5-10H2,(H,31,33)(H,32,34)(H,35,36)(H,37,38). The molecule has 198 valence electrons. The van der Waals surface area contributed by atoms with Gasteiger partial charge in [-0.15, -0.1) is 0 Å². The summed E-state index contributed by atoms with van der Waals surface area (Å²) in [7, 11) is 0. The van der Waals surface area contributed by atoms with Crippen molar-refractivity contribution in [2.45, 2.75) is 50.6 Å². The zero-order valence-electron chi connectivity index (χ0n) is 21.1. The summed E-state index contributed by atoms with van der Waals surface area (Å²) in [6, 6.07) is 8.93. The number of carbonyl (C=O) groups excluding carboxylic acids is 2. The van der Waals surface area contributed by atoms with Crippen molar-refractivity contribution >= 4 is 35.9 Å². The summed E-state index contributed by atoms with van der Waals surface area (Å²) in [4.78, 5) is 49.9. The normalized spacial score (nSPS) is 22.4. The van der Waals surface area contributed by atoms with Crippen molar-refractivity contribution in [1.82, 2.24) is 10.6 Å². The number of amides is 2. The van der Waals surface area contributed by atoms with E-state index in [0.717, 1.165) is 38.5 Å². The highest BCUT2D eigenvalue weighted by Crippen LogP contribution is 2.41. The molecular formula is C30H32N2O6. The summed E-state index contributed by atoms with van der Waals surface area (Å²) >= 11 is 0. The van der Waals surface area contributed by atoms with Crippen LogP contribution in [0.2, 0.25) is 0 Å². The number of carboxylic acids is 2. The van der Waals surface area contributed by atoms with Gasteiger partial charge in [-0.25, -0.2) is 9.59 Å². The minimum absolute atomic E-state index is 0.0715. The fourth-order valence-electron chi connectivity index (χ4n) is 5.98. The van der Waals surface area contributed by atoms with Crippen LogP contribution in [-0.4, -0.2) is 46.0 Å².